The number of rotatable bonds is 6. The molecule has 6 nitrogen and oxygen atoms in total. The molecule has 0 N–H and O–H groups in total. The van der Waals surface area contributed by atoms with E-state index in [1.807, 2.05) is 0 Å². The van der Waals surface area contributed by atoms with E-state index in [0.717, 1.165) is 0 Å². The summed E-state index contributed by atoms with van der Waals surface area (Å²) in [6.45, 7) is 3.30. The Bertz CT molecular complexity index is 459. The van der Waals surface area contributed by atoms with Crippen molar-refractivity contribution < 1.29 is 45.5 Å². The van der Waals surface area contributed by atoms with Crippen molar-refractivity contribution in [2.45, 2.75) is 13.1 Å². The second-order valence-corrected chi connectivity index (χ2v) is 8.07. The molecular formula is C13H21BrMgO6Si. The Morgan fingerprint density at radius 2 is 0.864 bits per heavy atom. The maximum atomic E-state index is 12.6. The zero-order chi connectivity index (χ0) is 15.5. The summed E-state index contributed by atoms with van der Waals surface area (Å²) in [5.41, 5.74) is 0. The van der Waals surface area contributed by atoms with Gasteiger partial charge < -0.3 is 45.5 Å². The summed E-state index contributed by atoms with van der Waals surface area (Å²) in [4.78, 5) is 12.6. The van der Waals surface area contributed by atoms with Gasteiger partial charge in [0.15, 0.2) is 11.5 Å². The fraction of sp³-hybridized carbons (Fsp3) is 0.538. The van der Waals surface area contributed by atoms with Crippen LogP contribution >= 0.6 is 0 Å². The second kappa shape index (κ2) is 9.71. The van der Waals surface area contributed by atoms with Crippen LogP contribution in [0.25, 0.3) is 0 Å². The molecule has 0 aromatic heterocycles. The summed E-state index contributed by atoms with van der Waals surface area (Å²) < 4.78 is 26.7. The topological polar surface area (TPSA) is 69.2 Å². The van der Waals surface area contributed by atoms with Gasteiger partial charge in [0.05, 0.1) is 35.5 Å². The minimum Gasteiger partial charge on any atom is -1.00 e. The molecule has 0 saturated heterocycles. The SMILES string of the molecule is COc1c(OC)c(OC)c([Si](C)(C)[O-])c(OC)c1OC.[Br-].[Mg+2]. The molecule has 1 aromatic carbocycles. The van der Waals surface area contributed by atoms with Crippen molar-refractivity contribution >= 4 is 36.6 Å². The standard InChI is InChI=1S/C13H21O6Si.BrH.Mg/c1-15-8-9(16-2)11(18-4)13(20(6,7)14)12(19-5)10(8)17-3;;/h1-7H3;1H;/q-1;;+2/p-1. The summed E-state index contributed by atoms with van der Waals surface area (Å²) in [5.74, 6) is 1.69. The van der Waals surface area contributed by atoms with Gasteiger partial charge in [-0.15, -0.1) is 0 Å². The number of hydrogen-bond donors (Lipinski definition) is 0. The molecule has 0 saturated carbocycles. The molecule has 0 fully saturated rings. The molecule has 9 heteroatoms. The molecule has 0 radical (unpaired) electrons. The smallest absolute Gasteiger partial charge is 1.00 e. The number of benzene rings is 1. The predicted octanol–water partition coefficient (Wildman–Crippen LogP) is -2.87. The van der Waals surface area contributed by atoms with Crippen LogP contribution in [0.3, 0.4) is 0 Å². The van der Waals surface area contributed by atoms with Crippen LogP contribution in [0.1, 0.15) is 0 Å². The van der Waals surface area contributed by atoms with Crippen molar-refractivity contribution in [2.24, 2.45) is 0 Å². The molecular weight excluding hydrogens is 384 g/mol. The van der Waals surface area contributed by atoms with Crippen molar-refractivity contribution in [1.82, 2.24) is 0 Å². The van der Waals surface area contributed by atoms with Gasteiger partial charge in [-0.1, -0.05) is 13.1 Å². The third-order valence-corrected chi connectivity index (χ3v) is 4.56. The Hall–Kier alpha value is -0.357. The first-order chi connectivity index (χ1) is 9.37. The van der Waals surface area contributed by atoms with Gasteiger partial charge in [-0.2, -0.15) is 0 Å². The predicted molar refractivity (Wildman–Crippen MR) is 82.1 cm³/mol. The molecule has 0 spiro atoms. The summed E-state index contributed by atoms with van der Waals surface area (Å²) >= 11 is 0. The minimum absolute atomic E-state index is 0. The van der Waals surface area contributed by atoms with Gasteiger partial charge in [-0.25, -0.2) is 0 Å². The fourth-order valence-corrected chi connectivity index (χ4v) is 3.66. The number of ether oxygens (including phenoxy) is 5. The van der Waals surface area contributed by atoms with Gasteiger partial charge in [0.1, 0.15) is 0 Å². The Morgan fingerprint density at radius 1 is 0.636 bits per heavy atom. The van der Waals surface area contributed by atoms with Crippen molar-refractivity contribution in [1.29, 1.82) is 0 Å². The zero-order valence-electron chi connectivity index (χ0n) is 14.0. The molecule has 0 aliphatic rings. The molecule has 0 unspecified atom stereocenters. The largest absolute Gasteiger partial charge is 2.00 e. The fourth-order valence-electron chi connectivity index (χ4n) is 2.13. The van der Waals surface area contributed by atoms with E-state index in [0.29, 0.717) is 33.9 Å². The van der Waals surface area contributed by atoms with Gasteiger partial charge in [-0.3, -0.25) is 0 Å². The number of hydrogen-bond acceptors (Lipinski definition) is 6. The first-order valence-electron chi connectivity index (χ1n) is 6.02. The van der Waals surface area contributed by atoms with Crippen LogP contribution in [0, 0.1) is 0 Å². The first-order valence-corrected chi connectivity index (χ1v) is 8.92. The van der Waals surface area contributed by atoms with Crippen LogP contribution in [0.15, 0.2) is 0 Å². The van der Waals surface area contributed by atoms with E-state index in [1.165, 1.54) is 35.5 Å². The Morgan fingerprint density at radius 3 is 1.05 bits per heavy atom. The molecule has 0 heterocycles. The van der Waals surface area contributed by atoms with Crippen molar-refractivity contribution in [2.75, 3.05) is 35.5 Å². The summed E-state index contributed by atoms with van der Waals surface area (Å²) in [6.07, 6.45) is 0. The summed E-state index contributed by atoms with van der Waals surface area (Å²) in [5, 5.41) is 0.456. The van der Waals surface area contributed by atoms with E-state index in [2.05, 4.69) is 0 Å². The van der Waals surface area contributed by atoms with Crippen molar-refractivity contribution in [3.63, 3.8) is 0 Å². The maximum Gasteiger partial charge on any atom is 2.00 e. The van der Waals surface area contributed by atoms with Crippen LogP contribution in [-0.2, 0) is 0 Å². The summed E-state index contributed by atoms with van der Waals surface area (Å²) in [7, 11) is 4.40. The first kappa shape index (κ1) is 23.9. The molecule has 122 valence electrons. The van der Waals surface area contributed by atoms with Crippen LogP contribution in [0.5, 0.6) is 28.7 Å². The third kappa shape index (κ3) is 4.34. The average Bonchev–Trinajstić information content (AvgIpc) is 2.42. The van der Waals surface area contributed by atoms with Crippen LogP contribution in [0.2, 0.25) is 13.1 Å². The molecule has 0 bridgehead atoms. The van der Waals surface area contributed by atoms with E-state index >= 15 is 0 Å². The van der Waals surface area contributed by atoms with Crippen LogP contribution in [-0.4, -0.2) is 66.9 Å². The number of methoxy groups -OCH3 is 5. The van der Waals surface area contributed by atoms with E-state index in [-0.39, 0.29) is 40.0 Å². The molecule has 0 aliphatic heterocycles. The van der Waals surface area contributed by atoms with Crippen LogP contribution < -0.4 is 50.6 Å². The van der Waals surface area contributed by atoms with Crippen molar-refractivity contribution in [3.05, 3.63) is 0 Å². The van der Waals surface area contributed by atoms with E-state index in [9.17, 15) is 4.80 Å². The monoisotopic (exact) mass is 404 g/mol. The van der Waals surface area contributed by atoms with Gasteiger partial charge in [0.2, 0.25) is 17.2 Å². The molecule has 0 aliphatic carbocycles. The maximum absolute atomic E-state index is 12.6. The third-order valence-electron chi connectivity index (χ3n) is 2.90. The van der Waals surface area contributed by atoms with Gasteiger partial charge in [0.25, 0.3) is 0 Å². The Kier molecular flexibility index (Phi) is 10.5. The Balaban J connectivity index is 0. The second-order valence-electron chi connectivity index (χ2n) is 4.55. The van der Waals surface area contributed by atoms with Crippen LogP contribution in [0.4, 0.5) is 0 Å². The zero-order valence-corrected chi connectivity index (χ0v) is 18.0. The quantitative estimate of drug-likeness (QED) is 0.474. The van der Waals surface area contributed by atoms with E-state index in [1.54, 1.807) is 13.1 Å². The molecule has 1 aromatic rings. The molecule has 1 rings (SSSR count). The van der Waals surface area contributed by atoms with E-state index in [4.69, 9.17) is 23.7 Å². The number of halogens is 1. The van der Waals surface area contributed by atoms with Gasteiger partial charge in [-0.05, 0) is 8.32 Å². The Labute approximate surface area is 159 Å². The molecule has 22 heavy (non-hydrogen) atoms. The van der Waals surface area contributed by atoms with Gasteiger partial charge in [0, 0.05) is 5.19 Å². The average molecular weight is 406 g/mol. The van der Waals surface area contributed by atoms with Crippen molar-refractivity contribution in [3.8, 4) is 28.7 Å². The normalized spacial score (nSPS) is 10.0. The molecule has 0 atom stereocenters. The van der Waals surface area contributed by atoms with E-state index < -0.39 is 8.32 Å². The minimum atomic E-state index is -3.01. The van der Waals surface area contributed by atoms with Gasteiger partial charge >= 0.3 is 23.1 Å². The molecule has 0 amide bonds. The summed E-state index contributed by atoms with van der Waals surface area (Å²) in [6, 6.07) is 0.